The molecule has 0 atom stereocenters. The van der Waals surface area contributed by atoms with Crippen molar-refractivity contribution in [1.82, 2.24) is 4.98 Å². The molecule has 0 aliphatic rings. The molecule has 2 rings (SSSR count). The number of aromatic nitrogens is 1. The Morgan fingerprint density at radius 2 is 2.18 bits per heavy atom. The van der Waals surface area contributed by atoms with Crippen LogP contribution < -0.4 is 10.5 Å². The quantitative estimate of drug-likeness (QED) is 0.866. The second-order valence-electron chi connectivity index (χ2n) is 3.70. The zero-order valence-corrected chi connectivity index (χ0v) is 11.2. The minimum Gasteiger partial charge on any atom is -0.483 e. The number of benzene rings is 1. The van der Waals surface area contributed by atoms with Crippen LogP contribution >= 0.6 is 22.9 Å². The predicted molar refractivity (Wildman–Crippen MR) is 71.8 cm³/mol. The topological polar surface area (TPSA) is 48.1 Å². The molecule has 1 aromatic heterocycles. The number of halogens is 1. The number of para-hydroxylation sites is 1. The summed E-state index contributed by atoms with van der Waals surface area (Å²) in [7, 11) is 0. The van der Waals surface area contributed by atoms with Gasteiger partial charge in [0.1, 0.15) is 11.6 Å². The van der Waals surface area contributed by atoms with Gasteiger partial charge in [-0.1, -0.05) is 17.7 Å². The van der Waals surface area contributed by atoms with E-state index in [9.17, 15) is 0 Å². The van der Waals surface area contributed by atoms with E-state index in [1.165, 1.54) is 4.88 Å². The summed E-state index contributed by atoms with van der Waals surface area (Å²) < 4.78 is 5.61. The first-order valence-electron chi connectivity index (χ1n) is 5.17. The molecule has 0 bridgehead atoms. The van der Waals surface area contributed by atoms with E-state index in [0.29, 0.717) is 23.1 Å². The number of aryl methyl sites for hydroxylation is 2. The van der Waals surface area contributed by atoms with E-state index in [0.717, 1.165) is 10.7 Å². The Balaban J connectivity index is 2.12. The third-order valence-corrected chi connectivity index (χ3v) is 3.75. The summed E-state index contributed by atoms with van der Waals surface area (Å²) >= 11 is 7.64. The second kappa shape index (κ2) is 4.94. The first-order valence-corrected chi connectivity index (χ1v) is 6.37. The summed E-state index contributed by atoms with van der Waals surface area (Å²) in [5.74, 6) is 0.527. The number of anilines is 1. The minimum atomic E-state index is 0.396. The highest BCUT2D eigenvalue weighted by molar-refractivity contribution is 7.11. The molecule has 0 unspecified atom stereocenters. The first kappa shape index (κ1) is 12.2. The van der Waals surface area contributed by atoms with Crippen LogP contribution in [0.2, 0.25) is 5.02 Å². The Labute approximate surface area is 109 Å². The molecule has 5 heteroatoms. The molecule has 0 spiro atoms. The molecule has 17 heavy (non-hydrogen) atoms. The second-order valence-corrected chi connectivity index (χ2v) is 5.39. The smallest absolute Gasteiger partial charge is 0.161 e. The average Bonchev–Trinajstić information content (AvgIpc) is 2.58. The van der Waals surface area contributed by atoms with E-state index in [-0.39, 0.29) is 0 Å². The zero-order valence-electron chi connectivity index (χ0n) is 9.66. The first-order chi connectivity index (χ1) is 8.08. The number of rotatable bonds is 3. The number of thiazole rings is 1. The Bertz CT molecular complexity index is 500. The van der Waals surface area contributed by atoms with Crippen LogP contribution in [0.3, 0.4) is 0 Å². The molecule has 0 radical (unpaired) electrons. The number of nitrogens with two attached hydrogens (primary N) is 1. The van der Waals surface area contributed by atoms with E-state index in [1.807, 2.05) is 13.8 Å². The molecule has 0 fully saturated rings. The number of nitrogens with zero attached hydrogens (tertiary/aromatic N) is 1. The van der Waals surface area contributed by atoms with E-state index >= 15 is 0 Å². The molecule has 0 amide bonds. The maximum absolute atomic E-state index is 6.01. The fraction of sp³-hybridized carbons (Fsp3) is 0.250. The lowest BCUT2D eigenvalue weighted by Gasteiger charge is -2.08. The lowest BCUT2D eigenvalue weighted by molar-refractivity contribution is 0.307. The van der Waals surface area contributed by atoms with Gasteiger partial charge in [-0.2, -0.15) is 0 Å². The minimum absolute atomic E-state index is 0.396. The maximum atomic E-state index is 6.01. The summed E-state index contributed by atoms with van der Waals surface area (Å²) in [4.78, 5) is 5.60. The van der Waals surface area contributed by atoms with Crippen LogP contribution in [0, 0.1) is 13.8 Å². The molecule has 3 nitrogen and oxygen atoms in total. The third kappa shape index (κ3) is 2.70. The van der Waals surface area contributed by atoms with Gasteiger partial charge in [0, 0.05) is 4.88 Å². The number of nitrogen functional groups attached to an aromatic ring is 1. The molecule has 0 saturated carbocycles. The summed E-state index contributed by atoms with van der Waals surface area (Å²) in [6.07, 6.45) is 0. The van der Waals surface area contributed by atoms with Crippen LogP contribution in [0.15, 0.2) is 18.2 Å². The lowest BCUT2D eigenvalue weighted by atomic mass is 10.3. The van der Waals surface area contributed by atoms with Crippen molar-refractivity contribution in [1.29, 1.82) is 0 Å². The fourth-order valence-electron chi connectivity index (χ4n) is 1.41. The highest BCUT2D eigenvalue weighted by atomic mass is 35.5. The van der Waals surface area contributed by atoms with Crippen LogP contribution in [0.5, 0.6) is 5.75 Å². The van der Waals surface area contributed by atoms with Crippen molar-refractivity contribution >= 4 is 28.6 Å². The Morgan fingerprint density at radius 1 is 1.41 bits per heavy atom. The molecule has 1 aromatic carbocycles. The highest BCUT2D eigenvalue weighted by Gasteiger charge is 2.08. The number of hydrogen-bond acceptors (Lipinski definition) is 4. The lowest BCUT2D eigenvalue weighted by Crippen LogP contribution is -1.99. The van der Waals surface area contributed by atoms with E-state index in [4.69, 9.17) is 22.1 Å². The van der Waals surface area contributed by atoms with Crippen molar-refractivity contribution in [2.24, 2.45) is 0 Å². The van der Waals surface area contributed by atoms with Gasteiger partial charge in [-0.25, -0.2) is 4.98 Å². The number of ether oxygens (including phenoxy) is 1. The van der Waals surface area contributed by atoms with Crippen LogP contribution in [-0.2, 0) is 6.61 Å². The molecule has 1 heterocycles. The highest BCUT2D eigenvalue weighted by Crippen LogP contribution is 2.31. The predicted octanol–water partition coefficient (Wildman–Crippen LogP) is 3.57. The normalized spacial score (nSPS) is 10.5. The average molecular weight is 269 g/mol. The van der Waals surface area contributed by atoms with E-state index in [2.05, 4.69) is 4.98 Å². The van der Waals surface area contributed by atoms with Gasteiger partial charge in [0.25, 0.3) is 0 Å². The van der Waals surface area contributed by atoms with E-state index < -0.39 is 0 Å². The van der Waals surface area contributed by atoms with Gasteiger partial charge in [0.2, 0.25) is 0 Å². The zero-order chi connectivity index (χ0) is 12.4. The van der Waals surface area contributed by atoms with Crippen LogP contribution in [-0.4, -0.2) is 4.98 Å². The van der Waals surface area contributed by atoms with Crippen molar-refractivity contribution in [2.75, 3.05) is 5.73 Å². The van der Waals surface area contributed by atoms with Crippen molar-refractivity contribution in [3.63, 3.8) is 0 Å². The van der Waals surface area contributed by atoms with Crippen LogP contribution in [0.4, 0.5) is 5.69 Å². The Kier molecular flexibility index (Phi) is 3.54. The van der Waals surface area contributed by atoms with Gasteiger partial charge in [0.05, 0.1) is 16.4 Å². The standard InChI is InChI=1S/C12H13ClN2OS/c1-7-8(2)17-11(15-7)6-16-12-9(13)4-3-5-10(12)14/h3-5H,6,14H2,1-2H3. The molecule has 2 aromatic rings. The van der Waals surface area contributed by atoms with Crippen LogP contribution in [0.25, 0.3) is 0 Å². The van der Waals surface area contributed by atoms with Crippen molar-refractivity contribution in [2.45, 2.75) is 20.5 Å². The summed E-state index contributed by atoms with van der Waals surface area (Å²) in [6.45, 7) is 4.42. The van der Waals surface area contributed by atoms with E-state index in [1.54, 1.807) is 29.5 Å². The monoisotopic (exact) mass is 268 g/mol. The molecule has 90 valence electrons. The van der Waals surface area contributed by atoms with Gasteiger partial charge in [0.15, 0.2) is 5.75 Å². The Hall–Kier alpha value is -1.26. The van der Waals surface area contributed by atoms with Crippen LogP contribution in [0.1, 0.15) is 15.6 Å². The van der Waals surface area contributed by atoms with Gasteiger partial charge in [-0.05, 0) is 26.0 Å². The number of hydrogen-bond donors (Lipinski definition) is 1. The van der Waals surface area contributed by atoms with Gasteiger partial charge in [-0.3, -0.25) is 0 Å². The summed E-state index contributed by atoms with van der Waals surface area (Å²) in [5, 5.41) is 1.45. The van der Waals surface area contributed by atoms with Gasteiger partial charge in [-0.15, -0.1) is 11.3 Å². The summed E-state index contributed by atoms with van der Waals surface area (Å²) in [5.41, 5.74) is 7.38. The molecule has 0 aliphatic carbocycles. The molecular weight excluding hydrogens is 256 g/mol. The summed E-state index contributed by atoms with van der Waals surface area (Å²) in [6, 6.07) is 5.31. The fourth-order valence-corrected chi connectivity index (χ4v) is 2.50. The Morgan fingerprint density at radius 3 is 2.76 bits per heavy atom. The molecular formula is C12H13ClN2OS. The van der Waals surface area contributed by atoms with Crippen molar-refractivity contribution in [3.05, 3.63) is 38.8 Å². The molecule has 0 aliphatic heterocycles. The maximum Gasteiger partial charge on any atom is 0.161 e. The molecule has 0 saturated heterocycles. The van der Waals surface area contributed by atoms with Gasteiger partial charge >= 0.3 is 0 Å². The SMILES string of the molecule is Cc1nc(COc2c(N)cccc2Cl)sc1C. The van der Waals surface area contributed by atoms with Gasteiger partial charge < -0.3 is 10.5 Å². The largest absolute Gasteiger partial charge is 0.483 e. The van der Waals surface area contributed by atoms with Crippen molar-refractivity contribution in [3.8, 4) is 5.75 Å². The molecule has 2 N–H and O–H groups in total. The third-order valence-electron chi connectivity index (χ3n) is 2.41. The van der Waals surface area contributed by atoms with Crippen molar-refractivity contribution < 1.29 is 4.74 Å².